The molecule has 1 N–H and O–H groups in total. The van der Waals surface area contributed by atoms with Crippen LogP contribution in [0.2, 0.25) is 0 Å². The topological polar surface area (TPSA) is 82.2 Å². The molecule has 7 heteroatoms. The third-order valence-electron chi connectivity index (χ3n) is 5.59. The van der Waals surface area contributed by atoms with Gasteiger partial charge in [-0.2, -0.15) is 10.2 Å². The predicted octanol–water partition coefficient (Wildman–Crippen LogP) is 5.02. The van der Waals surface area contributed by atoms with Crippen LogP contribution in [-0.2, 0) is 17.9 Å². The van der Waals surface area contributed by atoms with Gasteiger partial charge < -0.3 is 9.84 Å². The molecule has 2 heterocycles. The summed E-state index contributed by atoms with van der Waals surface area (Å²) in [6, 6.07) is 15.9. The van der Waals surface area contributed by atoms with E-state index >= 15 is 0 Å². The number of hydrogen-bond donors (Lipinski definition) is 1. The number of ether oxygens (including phenoxy) is 1. The van der Waals surface area contributed by atoms with Crippen LogP contribution in [0.25, 0.3) is 10.9 Å². The van der Waals surface area contributed by atoms with E-state index in [9.17, 15) is 4.79 Å². The molecule has 4 aromatic rings. The summed E-state index contributed by atoms with van der Waals surface area (Å²) >= 11 is 0. The molecule has 0 aliphatic rings. The normalized spacial score (nSPS) is 11.9. The fourth-order valence-electron chi connectivity index (χ4n) is 3.96. The predicted molar refractivity (Wildman–Crippen MR) is 131 cm³/mol. The van der Waals surface area contributed by atoms with Gasteiger partial charge in [-0.3, -0.25) is 14.2 Å². The van der Waals surface area contributed by atoms with E-state index in [2.05, 4.69) is 49.0 Å². The van der Waals surface area contributed by atoms with Crippen molar-refractivity contribution < 1.29 is 14.6 Å². The van der Waals surface area contributed by atoms with Crippen molar-refractivity contribution >= 4 is 16.9 Å². The van der Waals surface area contributed by atoms with Gasteiger partial charge in [0.2, 0.25) is 0 Å². The molecule has 0 amide bonds. The van der Waals surface area contributed by atoms with E-state index in [0.29, 0.717) is 13.2 Å². The maximum Gasteiger partial charge on any atom is 0.304 e. The molecule has 174 valence electrons. The van der Waals surface area contributed by atoms with Crippen molar-refractivity contribution in [1.82, 2.24) is 19.6 Å². The standard InChI is InChI=1S/C27H28N4O3/c1-4-6-22(16-27(32)33)21-8-10-23(11-9-21)34-18-20-7-12-24-25(17-30-14-5-13-28-30)29-31(19(2)3)26(24)15-20/h5,7-15,19,22H,16-18H2,1-3H3,(H,32,33). The Morgan fingerprint density at radius 2 is 1.97 bits per heavy atom. The number of aromatic nitrogens is 4. The number of aliphatic carboxylic acids is 1. The van der Waals surface area contributed by atoms with Crippen LogP contribution in [0, 0.1) is 11.8 Å². The molecule has 34 heavy (non-hydrogen) atoms. The minimum atomic E-state index is -0.864. The molecule has 0 fully saturated rings. The fourth-order valence-corrected chi connectivity index (χ4v) is 3.96. The van der Waals surface area contributed by atoms with E-state index in [-0.39, 0.29) is 18.4 Å². The molecule has 1 atom stereocenters. The van der Waals surface area contributed by atoms with E-state index in [0.717, 1.165) is 33.5 Å². The lowest BCUT2D eigenvalue weighted by atomic mass is 9.96. The number of nitrogens with zero attached hydrogens (tertiary/aromatic N) is 4. The summed E-state index contributed by atoms with van der Waals surface area (Å²) in [7, 11) is 0. The largest absolute Gasteiger partial charge is 0.489 e. The van der Waals surface area contributed by atoms with E-state index < -0.39 is 5.97 Å². The highest BCUT2D eigenvalue weighted by molar-refractivity contribution is 5.83. The number of rotatable bonds is 9. The zero-order valence-corrected chi connectivity index (χ0v) is 19.6. The number of carboxylic acid groups (broad SMARTS) is 1. The van der Waals surface area contributed by atoms with Crippen LogP contribution in [0.5, 0.6) is 5.75 Å². The zero-order valence-electron chi connectivity index (χ0n) is 19.6. The van der Waals surface area contributed by atoms with Crippen molar-refractivity contribution in [2.45, 2.75) is 52.3 Å². The molecule has 0 aliphatic heterocycles. The zero-order chi connectivity index (χ0) is 24.1. The maximum atomic E-state index is 11.1. The summed E-state index contributed by atoms with van der Waals surface area (Å²) in [6.45, 7) is 7.00. The van der Waals surface area contributed by atoms with E-state index in [1.54, 1.807) is 13.1 Å². The van der Waals surface area contributed by atoms with Crippen LogP contribution in [0.1, 0.15) is 56.0 Å². The van der Waals surface area contributed by atoms with Crippen LogP contribution in [0.3, 0.4) is 0 Å². The van der Waals surface area contributed by atoms with Gasteiger partial charge in [0.25, 0.3) is 0 Å². The number of carboxylic acids is 1. The van der Waals surface area contributed by atoms with Gasteiger partial charge in [0.15, 0.2) is 0 Å². The number of hydrogen-bond acceptors (Lipinski definition) is 4. The van der Waals surface area contributed by atoms with E-state index in [1.165, 1.54) is 0 Å². The minimum Gasteiger partial charge on any atom is -0.489 e. The van der Waals surface area contributed by atoms with Gasteiger partial charge in [0.05, 0.1) is 30.1 Å². The summed E-state index contributed by atoms with van der Waals surface area (Å²) in [5, 5.41) is 19.4. The first-order chi connectivity index (χ1) is 16.4. The lowest BCUT2D eigenvalue weighted by molar-refractivity contribution is -0.137. The number of fused-ring (bicyclic) bond motifs is 1. The van der Waals surface area contributed by atoms with E-state index in [4.69, 9.17) is 14.9 Å². The third-order valence-corrected chi connectivity index (χ3v) is 5.59. The van der Waals surface area contributed by atoms with Crippen LogP contribution in [0.4, 0.5) is 0 Å². The van der Waals surface area contributed by atoms with Gasteiger partial charge in [0, 0.05) is 23.8 Å². The van der Waals surface area contributed by atoms with Crippen LogP contribution in [0.15, 0.2) is 60.9 Å². The molecule has 0 bridgehead atoms. The summed E-state index contributed by atoms with van der Waals surface area (Å²) in [5.74, 6) is 5.32. The van der Waals surface area contributed by atoms with Crippen LogP contribution >= 0.6 is 0 Å². The molecule has 0 saturated heterocycles. The molecule has 2 aromatic heterocycles. The van der Waals surface area contributed by atoms with E-state index in [1.807, 2.05) is 45.9 Å². The second-order valence-electron chi connectivity index (χ2n) is 8.44. The minimum absolute atomic E-state index is 0.0209. The average molecular weight is 457 g/mol. The molecule has 0 aliphatic carbocycles. The average Bonchev–Trinajstić information content (AvgIpc) is 3.46. The van der Waals surface area contributed by atoms with Gasteiger partial charge >= 0.3 is 5.97 Å². The Morgan fingerprint density at radius 3 is 2.62 bits per heavy atom. The molecule has 0 radical (unpaired) electrons. The monoisotopic (exact) mass is 456 g/mol. The van der Waals surface area contributed by atoms with Gasteiger partial charge in [-0.25, -0.2) is 0 Å². The Labute approximate surface area is 199 Å². The van der Waals surface area contributed by atoms with Crippen molar-refractivity contribution in [1.29, 1.82) is 0 Å². The molecule has 0 saturated carbocycles. The SMILES string of the molecule is CC#CC(CC(=O)O)c1ccc(OCc2ccc3c(Cn4cccn4)nn(C(C)C)c3c2)cc1. The van der Waals surface area contributed by atoms with Gasteiger partial charge in [-0.15, -0.1) is 5.92 Å². The highest BCUT2D eigenvalue weighted by Crippen LogP contribution is 2.26. The Balaban J connectivity index is 1.50. The summed E-state index contributed by atoms with van der Waals surface area (Å²) in [6.07, 6.45) is 3.69. The third kappa shape index (κ3) is 5.29. The second-order valence-corrected chi connectivity index (χ2v) is 8.44. The molecule has 2 aromatic carbocycles. The van der Waals surface area contributed by atoms with Gasteiger partial charge in [-0.05, 0) is 56.2 Å². The quantitative estimate of drug-likeness (QED) is 0.358. The van der Waals surface area contributed by atoms with Crippen molar-refractivity contribution in [2.24, 2.45) is 0 Å². The second kappa shape index (κ2) is 10.3. The maximum absolute atomic E-state index is 11.1. The summed E-state index contributed by atoms with van der Waals surface area (Å²) in [4.78, 5) is 11.1. The molecule has 1 unspecified atom stereocenters. The summed E-state index contributed by atoms with van der Waals surface area (Å²) in [5.41, 5.74) is 3.98. The number of benzene rings is 2. The van der Waals surface area contributed by atoms with Crippen LogP contribution < -0.4 is 4.74 Å². The smallest absolute Gasteiger partial charge is 0.304 e. The first kappa shape index (κ1) is 23.1. The Hall–Kier alpha value is -4.05. The summed E-state index contributed by atoms with van der Waals surface area (Å²) < 4.78 is 9.93. The molecule has 0 spiro atoms. The molecular formula is C27H28N4O3. The van der Waals surface area contributed by atoms with Crippen molar-refractivity contribution in [3.05, 3.63) is 77.7 Å². The fraction of sp³-hybridized carbons (Fsp3) is 0.296. The van der Waals surface area contributed by atoms with Crippen molar-refractivity contribution in [3.63, 3.8) is 0 Å². The molecular weight excluding hydrogens is 428 g/mol. The Kier molecular flexibility index (Phi) is 6.98. The Bertz CT molecular complexity index is 1330. The van der Waals surface area contributed by atoms with Crippen molar-refractivity contribution in [2.75, 3.05) is 0 Å². The highest BCUT2D eigenvalue weighted by atomic mass is 16.5. The molecule has 7 nitrogen and oxygen atoms in total. The van der Waals surface area contributed by atoms with Crippen LogP contribution in [-0.4, -0.2) is 30.6 Å². The Morgan fingerprint density at radius 1 is 1.18 bits per heavy atom. The van der Waals surface area contributed by atoms with Gasteiger partial charge in [-0.1, -0.05) is 30.2 Å². The lowest BCUT2D eigenvalue weighted by Gasteiger charge is -2.11. The van der Waals surface area contributed by atoms with Crippen molar-refractivity contribution in [3.8, 4) is 17.6 Å². The highest BCUT2D eigenvalue weighted by Gasteiger charge is 2.15. The molecule has 4 rings (SSSR count). The first-order valence-corrected chi connectivity index (χ1v) is 11.3. The van der Waals surface area contributed by atoms with Gasteiger partial charge in [0.1, 0.15) is 12.4 Å². The number of carbonyl (C=O) groups is 1. The lowest BCUT2D eigenvalue weighted by Crippen LogP contribution is -2.05. The first-order valence-electron chi connectivity index (χ1n) is 11.3.